The highest BCUT2D eigenvalue weighted by molar-refractivity contribution is 6.02. The predicted octanol–water partition coefficient (Wildman–Crippen LogP) is 3.68. The first kappa shape index (κ1) is 15.1. The van der Waals surface area contributed by atoms with Gasteiger partial charge >= 0.3 is 0 Å². The zero-order valence-electron chi connectivity index (χ0n) is 12.9. The molecule has 0 aliphatic rings. The third-order valence-corrected chi connectivity index (χ3v) is 3.57. The summed E-state index contributed by atoms with van der Waals surface area (Å²) in [6.07, 6.45) is 1.68. The normalized spacial score (nSPS) is 11.3. The van der Waals surface area contributed by atoms with E-state index in [2.05, 4.69) is 15.3 Å². The number of fused-ring (bicyclic) bond motifs is 1. The molecule has 0 aliphatic carbocycles. The van der Waals surface area contributed by atoms with E-state index in [1.807, 2.05) is 48.5 Å². The van der Waals surface area contributed by atoms with Crippen molar-refractivity contribution in [1.82, 2.24) is 4.98 Å². The molecule has 5 heteroatoms. The number of hydrogen-bond donors (Lipinski definition) is 3. The van der Waals surface area contributed by atoms with Crippen LogP contribution >= 0.6 is 0 Å². The predicted molar refractivity (Wildman–Crippen MR) is 94.0 cm³/mol. The standard InChI is InChI=1S/C18H19N3O2/c1-23-11-10-19-13-6-8-14(9-7-13)20-12-16-15-4-2-3-5-17(15)21-18(16)22/h2-9,12,19,21-22H,10-11H2,1H3. The fourth-order valence-electron chi connectivity index (χ4n) is 2.38. The zero-order chi connectivity index (χ0) is 16.1. The van der Waals surface area contributed by atoms with Gasteiger partial charge in [-0.25, -0.2) is 0 Å². The summed E-state index contributed by atoms with van der Waals surface area (Å²) >= 11 is 0. The monoisotopic (exact) mass is 309 g/mol. The minimum absolute atomic E-state index is 0.132. The molecule has 1 heterocycles. The smallest absolute Gasteiger partial charge is 0.198 e. The number of methoxy groups -OCH3 is 1. The van der Waals surface area contributed by atoms with E-state index in [-0.39, 0.29) is 5.88 Å². The minimum atomic E-state index is 0.132. The van der Waals surface area contributed by atoms with Gasteiger partial charge in [-0.3, -0.25) is 4.99 Å². The average Bonchev–Trinajstić information content (AvgIpc) is 2.90. The number of aromatic hydroxyl groups is 1. The molecule has 3 aromatic rings. The van der Waals surface area contributed by atoms with Crippen molar-refractivity contribution in [3.05, 3.63) is 54.1 Å². The molecule has 23 heavy (non-hydrogen) atoms. The van der Waals surface area contributed by atoms with Crippen LogP contribution in [0.4, 0.5) is 11.4 Å². The number of ether oxygens (including phenoxy) is 1. The highest BCUT2D eigenvalue weighted by atomic mass is 16.5. The molecule has 0 radical (unpaired) electrons. The van der Waals surface area contributed by atoms with Gasteiger partial charge in [0.1, 0.15) is 0 Å². The average molecular weight is 309 g/mol. The molecular formula is C18H19N3O2. The Balaban J connectivity index is 1.75. The van der Waals surface area contributed by atoms with Crippen LogP contribution in [0.5, 0.6) is 5.88 Å². The quantitative estimate of drug-likeness (QED) is 0.480. The van der Waals surface area contributed by atoms with Crippen LogP contribution < -0.4 is 5.32 Å². The fraction of sp³-hybridized carbons (Fsp3) is 0.167. The lowest BCUT2D eigenvalue weighted by Crippen LogP contribution is -2.07. The second kappa shape index (κ2) is 6.98. The third-order valence-electron chi connectivity index (χ3n) is 3.57. The molecule has 0 amide bonds. The van der Waals surface area contributed by atoms with Gasteiger partial charge in [0.05, 0.1) is 17.9 Å². The van der Waals surface area contributed by atoms with E-state index in [0.29, 0.717) is 12.2 Å². The SMILES string of the molecule is COCCNc1ccc(N=Cc2c(O)[nH]c3ccccc23)cc1. The largest absolute Gasteiger partial charge is 0.494 e. The molecule has 0 bridgehead atoms. The summed E-state index contributed by atoms with van der Waals surface area (Å²) in [6, 6.07) is 15.5. The molecule has 2 aromatic carbocycles. The van der Waals surface area contributed by atoms with Gasteiger partial charge in [0.2, 0.25) is 0 Å². The van der Waals surface area contributed by atoms with E-state index >= 15 is 0 Å². The lowest BCUT2D eigenvalue weighted by Gasteiger charge is -2.05. The summed E-state index contributed by atoms with van der Waals surface area (Å²) in [5.74, 6) is 0.132. The molecule has 0 saturated carbocycles. The van der Waals surface area contributed by atoms with Crippen LogP contribution in [-0.2, 0) is 4.74 Å². The highest BCUT2D eigenvalue weighted by Gasteiger charge is 2.07. The van der Waals surface area contributed by atoms with Crippen LogP contribution in [0.15, 0.2) is 53.5 Å². The molecule has 118 valence electrons. The van der Waals surface area contributed by atoms with Gasteiger partial charge < -0.3 is 20.1 Å². The number of nitrogens with one attached hydrogen (secondary N) is 2. The molecule has 5 nitrogen and oxygen atoms in total. The summed E-state index contributed by atoms with van der Waals surface area (Å²) in [7, 11) is 1.68. The van der Waals surface area contributed by atoms with Gasteiger partial charge in [0.15, 0.2) is 5.88 Å². The van der Waals surface area contributed by atoms with Gasteiger partial charge in [-0.1, -0.05) is 18.2 Å². The number of aliphatic imine (C=N–C) groups is 1. The van der Waals surface area contributed by atoms with Gasteiger partial charge in [-0.05, 0) is 30.3 Å². The van der Waals surface area contributed by atoms with Crippen LogP contribution in [0.1, 0.15) is 5.56 Å². The molecule has 3 N–H and O–H groups in total. The van der Waals surface area contributed by atoms with Crippen LogP contribution in [0.3, 0.4) is 0 Å². The van der Waals surface area contributed by atoms with Gasteiger partial charge in [-0.2, -0.15) is 0 Å². The Morgan fingerprint density at radius 1 is 1.17 bits per heavy atom. The Morgan fingerprint density at radius 2 is 1.96 bits per heavy atom. The van der Waals surface area contributed by atoms with Gasteiger partial charge in [0, 0.05) is 36.5 Å². The maximum atomic E-state index is 10.0. The Labute approximate surface area is 134 Å². The zero-order valence-corrected chi connectivity index (χ0v) is 12.9. The molecule has 0 aliphatic heterocycles. The van der Waals surface area contributed by atoms with E-state index < -0.39 is 0 Å². The number of hydrogen-bond acceptors (Lipinski definition) is 4. The molecule has 0 atom stereocenters. The highest BCUT2D eigenvalue weighted by Crippen LogP contribution is 2.26. The maximum absolute atomic E-state index is 10.0. The van der Waals surface area contributed by atoms with E-state index in [1.165, 1.54) is 0 Å². The summed E-state index contributed by atoms with van der Waals surface area (Å²) in [5.41, 5.74) is 3.44. The Kier molecular flexibility index (Phi) is 4.59. The number of nitrogens with zero attached hydrogens (tertiary/aromatic N) is 1. The molecule has 3 rings (SSSR count). The third kappa shape index (κ3) is 3.52. The van der Waals surface area contributed by atoms with Crippen molar-refractivity contribution in [2.24, 2.45) is 4.99 Å². The molecule has 0 spiro atoms. The Hall–Kier alpha value is -2.79. The van der Waals surface area contributed by atoms with Crippen LogP contribution in [0.25, 0.3) is 10.9 Å². The van der Waals surface area contributed by atoms with E-state index in [4.69, 9.17) is 4.74 Å². The molecule has 1 aromatic heterocycles. The number of aromatic nitrogens is 1. The number of anilines is 1. The fourth-order valence-corrected chi connectivity index (χ4v) is 2.38. The molecule has 0 fully saturated rings. The Morgan fingerprint density at radius 3 is 2.74 bits per heavy atom. The number of aromatic amines is 1. The van der Waals surface area contributed by atoms with Crippen molar-refractivity contribution in [3.8, 4) is 5.88 Å². The summed E-state index contributed by atoms with van der Waals surface area (Å²) in [6.45, 7) is 1.43. The van der Waals surface area contributed by atoms with Crippen molar-refractivity contribution < 1.29 is 9.84 Å². The second-order valence-corrected chi connectivity index (χ2v) is 5.16. The van der Waals surface area contributed by atoms with Crippen LogP contribution in [0, 0.1) is 0 Å². The van der Waals surface area contributed by atoms with E-state index in [9.17, 15) is 5.11 Å². The lowest BCUT2D eigenvalue weighted by atomic mass is 10.2. The topological polar surface area (TPSA) is 69.6 Å². The van der Waals surface area contributed by atoms with Crippen LogP contribution in [-0.4, -0.2) is 36.6 Å². The number of rotatable bonds is 6. The van der Waals surface area contributed by atoms with E-state index in [1.54, 1.807) is 13.3 Å². The van der Waals surface area contributed by atoms with Crippen LogP contribution in [0.2, 0.25) is 0 Å². The van der Waals surface area contributed by atoms with Crippen molar-refractivity contribution >= 4 is 28.5 Å². The number of H-pyrrole nitrogens is 1. The maximum Gasteiger partial charge on any atom is 0.198 e. The second-order valence-electron chi connectivity index (χ2n) is 5.16. The first-order valence-electron chi connectivity index (χ1n) is 7.44. The van der Waals surface area contributed by atoms with Crippen molar-refractivity contribution in [2.45, 2.75) is 0 Å². The van der Waals surface area contributed by atoms with Crippen molar-refractivity contribution in [1.29, 1.82) is 0 Å². The molecule has 0 saturated heterocycles. The minimum Gasteiger partial charge on any atom is -0.494 e. The Bertz CT molecular complexity index is 807. The number of para-hydroxylation sites is 1. The first-order chi connectivity index (χ1) is 11.3. The first-order valence-corrected chi connectivity index (χ1v) is 7.44. The summed E-state index contributed by atoms with van der Waals surface area (Å²) < 4.78 is 5.00. The molecular weight excluding hydrogens is 290 g/mol. The number of benzene rings is 2. The lowest BCUT2D eigenvalue weighted by molar-refractivity contribution is 0.211. The summed E-state index contributed by atoms with van der Waals surface area (Å²) in [5, 5.41) is 14.2. The van der Waals surface area contributed by atoms with Crippen molar-refractivity contribution in [2.75, 3.05) is 25.6 Å². The van der Waals surface area contributed by atoms with Gasteiger partial charge in [0.25, 0.3) is 0 Å². The van der Waals surface area contributed by atoms with Gasteiger partial charge in [-0.15, -0.1) is 0 Å². The van der Waals surface area contributed by atoms with E-state index in [0.717, 1.165) is 28.8 Å². The summed E-state index contributed by atoms with van der Waals surface area (Å²) in [4.78, 5) is 7.38. The van der Waals surface area contributed by atoms with Crippen molar-refractivity contribution in [3.63, 3.8) is 0 Å². The molecule has 0 unspecified atom stereocenters.